The lowest BCUT2D eigenvalue weighted by atomic mass is 10.2. The summed E-state index contributed by atoms with van der Waals surface area (Å²) in [5.74, 6) is 2.16. The predicted molar refractivity (Wildman–Crippen MR) is 104 cm³/mol. The minimum atomic E-state index is -4.41. The first-order valence-electron chi connectivity index (χ1n) is 8.88. The standard InChI is InChI=1S/C20H20F3N3O2S/c1-3-26-18(12-28-17-9-5-7-15(11-17)20(21,22)23)24-25-19(26)29-13-14-6-4-8-16(10-14)27-2/h4-11H,3,12-13H2,1-2H3. The number of methoxy groups -OCH3 is 1. The highest BCUT2D eigenvalue weighted by molar-refractivity contribution is 7.98. The van der Waals surface area contributed by atoms with Crippen LogP contribution in [0.15, 0.2) is 53.7 Å². The molecular formula is C20H20F3N3O2S. The quantitative estimate of drug-likeness (QED) is 0.466. The molecule has 2 aromatic carbocycles. The van der Waals surface area contributed by atoms with Crippen LogP contribution in [-0.4, -0.2) is 21.9 Å². The highest BCUT2D eigenvalue weighted by atomic mass is 32.2. The van der Waals surface area contributed by atoms with Crippen molar-refractivity contribution < 1.29 is 22.6 Å². The fraction of sp³-hybridized carbons (Fsp3) is 0.300. The molecule has 0 amide bonds. The van der Waals surface area contributed by atoms with Crippen molar-refractivity contribution in [2.45, 2.75) is 37.2 Å². The van der Waals surface area contributed by atoms with E-state index in [1.165, 1.54) is 23.9 Å². The molecule has 0 atom stereocenters. The van der Waals surface area contributed by atoms with Gasteiger partial charge in [-0.3, -0.25) is 0 Å². The molecular weight excluding hydrogens is 403 g/mol. The van der Waals surface area contributed by atoms with Crippen LogP contribution < -0.4 is 9.47 Å². The van der Waals surface area contributed by atoms with E-state index in [2.05, 4.69) is 10.2 Å². The third kappa shape index (κ3) is 5.44. The van der Waals surface area contributed by atoms with Crippen molar-refractivity contribution in [1.82, 2.24) is 14.8 Å². The average Bonchev–Trinajstić information content (AvgIpc) is 3.12. The molecule has 0 aliphatic heterocycles. The summed E-state index contributed by atoms with van der Waals surface area (Å²) in [7, 11) is 1.62. The van der Waals surface area contributed by atoms with Crippen LogP contribution in [0, 0.1) is 0 Å². The van der Waals surface area contributed by atoms with Crippen molar-refractivity contribution in [3.63, 3.8) is 0 Å². The molecule has 0 saturated carbocycles. The molecule has 0 bridgehead atoms. The van der Waals surface area contributed by atoms with Gasteiger partial charge in [-0.2, -0.15) is 13.2 Å². The molecule has 0 aliphatic carbocycles. The predicted octanol–water partition coefficient (Wildman–Crippen LogP) is 5.20. The second kappa shape index (κ2) is 9.21. The fourth-order valence-electron chi connectivity index (χ4n) is 2.67. The molecule has 3 rings (SSSR count). The molecule has 1 aromatic heterocycles. The molecule has 3 aromatic rings. The topological polar surface area (TPSA) is 49.2 Å². The highest BCUT2D eigenvalue weighted by Crippen LogP contribution is 2.31. The monoisotopic (exact) mass is 423 g/mol. The summed E-state index contributed by atoms with van der Waals surface area (Å²) < 4.78 is 51.1. The normalized spacial score (nSPS) is 11.5. The van der Waals surface area contributed by atoms with Crippen LogP contribution in [0.3, 0.4) is 0 Å². The number of hydrogen-bond acceptors (Lipinski definition) is 5. The zero-order valence-electron chi connectivity index (χ0n) is 15.9. The average molecular weight is 423 g/mol. The minimum Gasteiger partial charge on any atom is -0.497 e. The largest absolute Gasteiger partial charge is 0.497 e. The molecule has 5 nitrogen and oxygen atoms in total. The Balaban J connectivity index is 1.66. The summed E-state index contributed by atoms with van der Waals surface area (Å²) in [6, 6.07) is 12.6. The summed E-state index contributed by atoms with van der Waals surface area (Å²) >= 11 is 1.52. The Kier molecular flexibility index (Phi) is 6.68. The van der Waals surface area contributed by atoms with Crippen LogP contribution in [0.2, 0.25) is 0 Å². The van der Waals surface area contributed by atoms with Crippen LogP contribution in [0.4, 0.5) is 13.2 Å². The van der Waals surface area contributed by atoms with Gasteiger partial charge in [0.25, 0.3) is 0 Å². The number of rotatable bonds is 8. The van der Waals surface area contributed by atoms with Gasteiger partial charge in [-0.25, -0.2) is 0 Å². The smallest absolute Gasteiger partial charge is 0.416 e. The third-order valence-electron chi connectivity index (χ3n) is 4.14. The lowest BCUT2D eigenvalue weighted by Crippen LogP contribution is -2.08. The summed E-state index contributed by atoms with van der Waals surface area (Å²) in [5, 5.41) is 9.06. The fourth-order valence-corrected chi connectivity index (χ4v) is 3.63. The van der Waals surface area contributed by atoms with Crippen molar-refractivity contribution in [2.24, 2.45) is 0 Å². The summed E-state index contributed by atoms with van der Waals surface area (Å²) in [6.45, 7) is 2.60. The molecule has 1 heterocycles. The van der Waals surface area contributed by atoms with E-state index in [1.54, 1.807) is 7.11 Å². The maximum Gasteiger partial charge on any atom is 0.416 e. The van der Waals surface area contributed by atoms with Crippen LogP contribution in [-0.2, 0) is 25.1 Å². The lowest BCUT2D eigenvalue weighted by molar-refractivity contribution is -0.137. The number of aromatic nitrogens is 3. The number of ether oxygens (including phenoxy) is 2. The SMILES string of the molecule is CCn1c(COc2cccc(C(F)(F)F)c2)nnc1SCc1cccc(OC)c1. The Morgan fingerprint density at radius 3 is 2.52 bits per heavy atom. The Morgan fingerprint density at radius 1 is 1.03 bits per heavy atom. The second-order valence-electron chi connectivity index (χ2n) is 6.10. The van der Waals surface area contributed by atoms with Gasteiger partial charge in [0.2, 0.25) is 0 Å². The van der Waals surface area contributed by atoms with Crippen molar-refractivity contribution in [3.05, 3.63) is 65.5 Å². The van der Waals surface area contributed by atoms with Crippen molar-refractivity contribution >= 4 is 11.8 Å². The maximum atomic E-state index is 12.8. The van der Waals surface area contributed by atoms with Crippen molar-refractivity contribution in [3.8, 4) is 11.5 Å². The molecule has 0 unspecified atom stereocenters. The molecule has 0 radical (unpaired) electrons. The number of thioether (sulfide) groups is 1. The highest BCUT2D eigenvalue weighted by Gasteiger charge is 2.30. The molecule has 0 spiro atoms. The molecule has 0 aliphatic rings. The molecule has 29 heavy (non-hydrogen) atoms. The molecule has 9 heteroatoms. The Labute approximate surface area is 170 Å². The Bertz CT molecular complexity index is 960. The summed E-state index contributed by atoms with van der Waals surface area (Å²) in [4.78, 5) is 0. The molecule has 154 valence electrons. The second-order valence-corrected chi connectivity index (χ2v) is 7.04. The van der Waals surface area contributed by atoms with Crippen LogP contribution >= 0.6 is 11.8 Å². The number of halogens is 3. The van der Waals surface area contributed by atoms with E-state index in [4.69, 9.17) is 9.47 Å². The first-order valence-corrected chi connectivity index (χ1v) is 9.87. The van der Waals surface area contributed by atoms with E-state index in [-0.39, 0.29) is 12.4 Å². The van der Waals surface area contributed by atoms with Crippen LogP contribution in [0.25, 0.3) is 0 Å². The van der Waals surface area contributed by atoms with Gasteiger partial charge < -0.3 is 14.0 Å². The molecule has 0 fully saturated rings. The van der Waals surface area contributed by atoms with Gasteiger partial charge in [-0.05, 0) is 42.8 Å². The van der Waals surface area contributed by atoms with Gasteiger partial charge in [0.05, 0.1) is 12.7 Å². The van der Waals surface area contributed by atoms with Gasteiger partial charge in [0.15, 0.2) is 11.0 Å². The van der Waals surface area contributed by atoms with Crippen LogP contribution in [0.1, 0.15) is 23.9 Å². The zero-order chi connectivity index (χ0) is 20.9. The maximum absolute atomic E-state index is 12.8. The van der Waals surface area contributed by atoms with Crippen molar-refractivity contribution in [1.29, 1.82) is 0 Å². The van der Waals surface area contributed by atoms with E-state index >= 15 is 0 Å². The summed E-state index contributed by atoms with van der Waals surface area (Å²) in [6.07, 6.45) is -4.41. The number of alkyl halides is 3. The molecule has 0 N–H and O–H groups in total. The van der Waals surface area contributed by atoms with Crippen LogP contribution in [0.5, 0.6) is 11.5 Å². The number of hydrogen-bond donors (Lipinski definition) is 0. The molecule has 0 saturated heterocycles. The van der Waals surface area contributed by atoms with Gasteiger partial charge in [0, 0.05) is 12.3 Å². The van der Waals surface area contributed by atoms with Gasteiger partial charge in [-0.15, -0.1) is 10.2 Å². The van der Waals surface area contributed by atoms with E-state index in [0.717, 1.165) is 28.6 Å². The van der Waals surface area contributed by atoms with E-state index < -0.39 is 11.7 Å². The van der Waals surface area contributed by atoms with Gasteiger partial charge >= 0.3 is 6.18 Å². The van der Waals surface area contributed by atoms with E-state index in [1.807, 2.05) is 35.8 Å². The number of nitrogens with zero attached hydrogens (tertiary/aromatic N) is 3. The first kappa shape index (κ1) is 21.0. The van der Waals surface area contributed by atoms with Crippen molar-refractivity contribution in [2.75, 3.05) is 7.11 Å². The van der Waals surface area contributed by atoms with Gasteiger partial charge in [0.1, 0.15) is 18.1 Å². The minimum absolute atomic E-state index is 0.0296. The number of benzene rings is 2. The third-order valence-corrected chi connectivity index (χ3v) is 5.18. The van der Waals surface area contributed by atoms with E-state index in [9.17, 15) is 13.2 Å². The Hall–Kier alpha value is -2.68. The zero-order valence-corrected chi connectivity index (χ0v) is 16.8. The van der Waals surface area contributed by atoms with Gasteiger partial charge in [-0.1, -0.05) is 30.0 Å². The first-order chi connectivity index (χ1) is 13.9. The summed E-state index contributed by atoms with van der Waals surface area (Å²) in [5.41, 5.74) is 0.336. The van der Waals surface area contributed by atoms with E-state index in [0.29, 0.717) is 18.1 Å². The Morgan fingerprint density at radius 2 is 1.79 bits per heavy atom. The lowest BCUT2D eigenvalue weighted by Gasteiger charge is -2.11.